The smallest absolute Gasteiger partial charge is 0.119 e. The van der Waals surface area contributed by atoms with E-state index in [0.717, 1.165) is 17.5 Å². The molecule has 0 fully saturated rings. The first kappa shape index (κ1) is 10.1. The number of hydrogen-bond donors (Lipinski definition) is 2. The first-order valence-electron chi connectivity index (χ1n) is 4.62. The molecule has 0 aliphatic heterocycles. The van der Waals surface area contributed by atoms with E-state index in [1.807, 2.05) is 26.0 Å². The third-order valence-corrected chi connectivity index (χ3v) is 2.35. The summed E-state index contributed by atoms with van der Waals surface area (Å²) in [6, 6.07) is 5.46. The molecule has 1 rings (SSSR count). The molecule has 1 atom stereocenters. The zero-order valence-corrected chi connectivity index (χ0v) is 8.12. The lowest BCUT2D eigenvalue weighted by atomic mass is 9.94. The van der Waals surface area contributed by atoms with E-state index >= 15 is 0 Å². The number of aliphatic hydroxyl groups excluding tert-OH is 1. The Labute approximate surface area is 78.8 Å². The van der Waals surface area contributed by atoms with Gasteiger partial charge in [0, 0.05) is 12.5 Å². The summed E-state index contributed by atoms with van der Waals surface area (Å²) in [5, 5.41) is 18.6. The molecule has 2 heteroatoms. The van der Waals surface area contributed by atoms with Crippen molar-refractivity contribution in [1.82, 2.24) is 0 Å². The molecule has 0 radical (unpaired) electrons. The van der Waals surface area contributed by atoms with Crippen molar-refractivity contribution >= 4 is 0 Å². The quantitative estimate of drug-likeness (QED) is 0.747. The van der Waals surface area contributed by atoms with E-state index in [2.05, 4.69) is 0 Å². The van der Waals surface area contributed by atoms with Gasteiger partial charge in [-0.1, -0.05) is 26.0 Å². The summed E-state index contributed by atoms with van der Waals surface area (Å²) in [5.74, 6) is 0.433. The standard InChI is InChI=1S/C11H16O2/c1-3-9-10(8(2)7-12)5-4-6-11(9)13/h4-6,8,12-13H,3,7H2,1-2H3. The van der Waals surface area contributed by atoms with Crippen LogP contribution in [0.2, 0.25) is 0 Å². The van der Waals surface area contributed by atoms with E-state index in [1.165, 1.54) is 0 Å². The lowest BCUT2D eigenvalue weighted by molar-refractivity contribution is 0.272. The zero-order chi connectivity index (χ0) is 9.84. The second-order valence-corrected chi connectivity index (χ2v) is 3.28. The highest BCUT2D eigenvalue weighted by Gasteiger charge is 2.10. The van der Waals surface area contributed by atoms with Gasteiger partial charge >= 0.3 is 0 Å². The number of phenolic OH excluding ortho intramolecular Hbond substituents is 1. The van der Waals surface area contributed by atoms with E-state index in [-0.39, 0.29) is 12.5 Å². The van der Waals surface area contributed by atoms with Crippen LogP contribution in [-0.2, 0) is 6.42 Å². The number of hydrogen-bond acceptors (Lipinski definition) is 2. The van der Waals surface area contributed by atoms with Crippen molar-refractivity contribution in [2.24, 2.45) is 0 Å². The molecule has 2 N–H and O–H groups in total. The Morgan fingerprint density at radius 1 is 1.38 bits per heavy atom. The van der Waals surface area contributed by atoms with Crippen LogP contribution in [0.15, 0.2) is 18.2 Å². The fourth-order valence-electron chi connectivity index (χ4n) is 1.54. The van der Waals surface area contributed by atoms with Gasteiger partial charge in [-0.2, -0.15) is 0 Å². The van der Waals surface area contributed by atoms with E-state index in [9.17, 15) is 5.11 Å². The van der Waals surface area contributed by atoms with Gasteiger partial charge in [-0.15, -0.1) is 0 Å². The molecule has 0 bridgehead atoms. The van der Waals surface area contributed by atoms with E-state index < -0.39 is 0 Å². The van der Waals surface area contributed by atoms with Crippen molar-refractivity contribution in [3.63, 3.8) is 0 Å². The predicted molar refractivity (Wildman–Crippen MR) is 53.0 cm³/mol. The molecule has 0 heterocycles. The first-order valence-corrected chi connectivity index (χ1v) is 4.62. The SMILES string of the molecule is CCc1c(O)cccc1C(C)CO. The summed E-state index contributed by atoms with van der Waals surface area (Å²) in [7, 11) is 0. The zero-order valence-electron chi connectivity index (χ0n) is 8.12. The molecule has 0 aromatic heterocycles. The maximum Gasteiger partial charge on any atom is 0.119 e. The third-order valence-electron chi connectivity index (χ3n) is 2.35. The van der Waals surface area contributed by atoms with Gasteiger partial charge in [-0.05, 0) is 23.6 Å². The Balaban J connectivity index is 3.12. The van der Waals surface area contributed by atoms with Crippen LogP contribution in [0.3, 0.4) is 0 Å². The fourth-order valence-corrected chi connectivity index (χ4v) is 1.54. The Morgan fingerprint density at radius 3 is 2.62 bits per heavy atom. The summed E-state index contributed by atoms with van der Waals surface area (Å²) in [4.78, 5) is 0. The van der Waals surface area contributed by atoms with Crippen molar-refractivity contribution in [1.29, 1.82) is 0 Å². The molecule has 0 aliphatic rings. The highest BCUT2D eigenvalue weighted by molar-refractivity contribution is 5.40. The van der Waals surface area contributed by atoms with Gasteiger partial charge in [-0.3, -0.25) is 0 Å². The van der Waals surface area contributed by atoms with E-state index in [1.54, 1.807) is 6.07 Å². The Hall–Kier alpha value is -1.02. The third kappa shape index (κ3) is 2.01. The van der Waals surface area contributed by atoms with Gasteiger partial charge in [0.2, 0.25) is 0 Å². The summed E-state index contributed by atoms with van der Waals surface area (Å²) >= 11 is 0. The second kappa shape index (κ2) is 4.28. The van der Waals surface area contributed by atoms with Crippen LogP contribution in [0.4, 0.5) is 0 Å². The Morgan fingerprint density at radius 2 is 2.08 bits per heavy atom. The minimum Gasteiger partial charge on any atom is -0.508 e. The van der Waals surface area contributed by atoms with Crippen LogP contribution in [0.1, 0.15) is 30.9 Å². The average Bonchev–Trinajstić information content (AvgIpc) is 2.16. The lowest BCUT2D eigenvalue weighted by Gasteiger charge is -2.14. The van der Waals surface area contributed by atoms with Crippen molar-refractivity contribution in [2.75, 3.05) is 6.61 Å². The number of aromatic hydroxyl groups is 1. The van der Waals surface area contributed by atoms with Crippen molar-refractivity contribution in [3.05, 3.63) is 29.3 Å². The molecule has 1 aromatic carbocycles. The summed E-state index contributed by atoms with van der Waals surface area (Å²) < 4.78 is 0. The normalized spacial score (nSPS) is 12.8. The summed E-state index contributed by atoms with van der Waals surface area (Å²) in [6.45, 7) is 4.08. The number of benzene rings is 1. The van der Waals surface area contributed by atoms with Crippen molar-refractivity contribution < 1.29 is 10.2 Å². The lowest BCUT2D eigenvalue weighted by Crippen LogP contribution is -2.02. The van der Waals surface area contributed by atoms with Gasteiger partial charge < -0.3 is 10.2 Å². The van der Waals surface area contributed by atoms with Gasteiger partial charge in [0.05, 0.1) is 0 Å². The fraction of sp³-hybridized carbons (Fsp3) is 0.455. The van der Waals surface area contributed by atoms with Crippen LogP contribution in [0, 0.1) is 0 Å². The van der Waals surface area contributed by atoms with Gasteiger partial charge in [0.25, 0.3) is 0 Å². The molecule has 0 saturated carbocycles. The maximum absolute atomic E-state index is 9.55. The highest BCUT2D eigenvalue weighted by atomic mass is 16.3. The van der Waals surface area contributed by atoms with Crippen LogP contribution in [0.25, 0.3) is 0 Å². The minimum atomic E-state index is 0.0991. The van der Waals surface area contributed by atoms with Gasteiger partial charge in [0.15, 0.2) is 0 Å². The topological polar surface area (TPSA) is 40.5 Å². The van der Waals surface area contributed by atoms with E-state index in [4.69, 9.17) is 5.11 Å². The molecule has 13 heavy (non-hydrogen) atoms. The van der Waals surface area contributed by atoms with E-state index in [0.29, 0.717) is 5.75 Å². The Bertz CT molecular complexity index is 281. The largest absolute Gasteiger partial charge is 0.508 e. The van der Waals surface area contributed by atoms with Gasteiger partial charge in [-0.25, -0.2) is 0 Å². The molecule has 0 aliphatic carbocycles. The van der Waals surface area contributed by atoms with Crippen LogP contribution >= 0.6 is 0 Å². The molecule has 0 saturated heterocycles. The van der Waals surface area contributed by atoms with Crippen LogP contribution < -0.4 is 0 Å². The van der Waals surface area contributed by atoms with Crippen LogP contribution in [-0.4, -0.2) is 16.8 Å². The molecular formula is C11H16O2. The summed E-state index contributed by atoms with van der Waals surface area (Å²) in [5.41, 5.74) is 1.99. The minimum absolute atomic E-state index is 0.0991. The summed E-state index contributed by atoms with van der Waals surface area (Å²) in [6.07, 6.45) is 0.798. The first-order chi connectivity index (χ1) is 6.20. The van der Waals surface area contributed by atoms with Crippen LogP contribution in [0.5, 0.6) is 5.75 Å². The second-order valence-electron chi connectivity index (χ2n) is 3.28. The number of phenols is 1. The molecule has 0 spiro atoms. The molecule has 1 unspecified atom stereocenters. The number of aliphatic hydroxyl groups is 1. The average molecular weight is 180 g/mol. The molecule has 72 valence electrons. The van der Waals surface area contributed by atoms with Gasteiger partial charge in [0.1, 0.15) is 5.75 Å². The predicted octanol–water partition coefficient (Wildman–Crippen LogP) is 2.05. The maximum atomic E-state index is 9.55. The number of rotatable bonds is 3. The monoisotopic (exact) mass is 180 g/mol. The molecule has 1 aromatic rings. The van der Waals surface area contributed by atoms with Crippen molar-refractivity contribution in [2.45, 2.75) is 26.2 Å². The highest BCUT2D eigenvalue weighted by Crippen LogP contribution is 2.27. The molecule has 2 nitrogen and oxygen atoms in total. The molecular weight excluding hydrogens is 164 g/mol. The molecule has 0 amide bonds. The van der Waals surface area contributed by atoms with Crippen molar-refractivity contribution in [3.8, 4) is 5.75 Å². The Kier molecular flexibility index (Phi) is 3.32.